The third kappa shape index (κ3) is 5.01. The molecule has 2 aliphatic rings. The lowest BCUT2D eigenvalue weighted by Gasteiger charge is -2.23. The number of ether oxygens (including phenoxy) is 4. The highest BCUT2D eigenvalue weighted by Gasteiger charge is 2.68. The van der Waals surface area contributed by atoms with E-state index in [0.717, 1.165) is 5.56 Å². The van der Waals surface area contributed by atoms with Crippen LogP contribution in [0.5, 0.6) is 0 Å². The molecule has 0 amide bonds. The van der Waals surface area contributed by atoms with Gasteiger partial charge in [0.15, 0.2) is 6.79 Å². The van der Waals surface area contributed by atoms with Crippen molar-refractivity contribution < 1.29 is 38.4 Å². The first-order chi connectivity index (χ1) is 13.8. The van der Waals surface area contributed by atoms with Crippen LogP contribution < -0.4 is 0 Å². The predicted octanol–water partition coefficient (Wildman–Crippen LogP) is 2.32. The number of carbonyl (C=O) groups excluding carboxylic acids is 3. The lowest BCUT2D eigenvalue weighted by molar-refractivity contribution is -0.173. The van der Waals surface area contributed by atoms with Gasteiger partial charge in [-0.3, -0.25) is 14.4 Å². The van der Waals surface area contributed by atoms with Gasteiger partial charge >= 0.3 is 17.9 Å². The quantitative estimate of drug-likeness (QED) is 0.478. The fourth-order valence-corrected chi connectivity index (χ4v) is 4.25. The van der Waals surface area contributed by atoms with Crippen LogP contribution in [0.4, 0.5) is 0 Å². The fourth-order valence-electron chi connectivity index (χ4n) is 3.93. The van der Waals surface area contributed by atoms with Gasteiger partial charge in [-0.25, -0.2) is 0 Å². The molecule has 2 aliphatic carbocycles. The van der Waals surface area contributed by atoms with Crippen LogP contribution in [0.2, 0.25) is 10.0 Å². The molecule has 2 fully saturated rings. The standard InChI is InChI=1S/C19H20Cl2O8/c1-9(23)28-8-29-19(25)17-14(5-11-15(17)16(11)18(24)27-7-22)26-6-10-2-3-12(20)13(21)4-10/h2-4,11,14-17,22H,5-8H2,1H3/t11-,14-,15?,16+,17-/m1/s1. The maximum atomic E-state index is 12.6. The summed E-state index contributed by atoms with van der Waals surface area (Å²) in [7, 11) is 0. The highest BCUT2D eigenvalue weighted by Crippen LogP contribution is 2.62. The van der Waals surface area contributed by atoms with Crippen molar-refractivity contribution in [2.24, 2.45) is 23.7 Å². The molecule has 1 N–H and O–H groups in total. The molecule has 0 spiro atoms. The van der Waals surface area contributed by atoms with Crippen molar-refractivity contribution in [3.8, 4) is 0 Å². The van der Waals surface area contributed by atoms with E-state index in [9.17, 15) is 14.4 Å². The molecular formula is C19H20Cl2O8. The molecule has 0 aliphatic heterocycles. The van der Waals surface area contributed by atoms with Crippen LogP contribution in [0.3, 0.4) is 0 Å². The van der Waals surface area contributed by atoms with Gasteiger partial charge in [0, 0.05) is 6.92 Å². The predicted molar refractivity (Wildman–Crippen MR) is 99.5 cm³/mol. The molecule has 0 bridgehead atoms. The van der Waals surface area contributed by atoms with Crippen molar-refractivity contribution in [3.05, 3.63) is 33.8 Å². The zero-order valence-electron chi connectivity index (χ0n) is 15.5. The summed E-state index contributed by atoms with van der Waals surface area (Å²) in [6, 6.07) is 5.09. The molecule has 0 saturated heterocycles. The minimum absolute atomic E-state index is 0.0980. The van der Waals surface area contributed by atoms with E-state index in [1.54, 1.807) is 18.2 Å². The Hall–Kier alpha value is -1.87. The van der Waals surface area contributed by atoms with Crippen molar-refractivity contribution in [3.63, 3.8) is 0 Å². The normalized spacial score (nSPS) is 27.1. The van der Waals surface area contributed by atoms with E-state index < -0.39 is 49.4 Å². The lowest BCUT2D eigenvalue weighted by atomic mass is 9.97. The monoisotopic (exact) mass is 446 g/mol. The number of carbonyl (C=O) groups is 3. The number of rotatable bonds is 8. The smallest absolute Gasteiger partial charge is 0.314 e. The van der Waals surface area contributed by atoms with Gasteiger partial charge in [0.1, 0.15) is 0 Å². The molecule has 1 unspecified atom stereocenters. The third-order valence-electron chi connectivity index (χ3n) is 5.21. The fraction of sp³-hybridized carbons (Fsp3) is 0.526. The Labute approximate surface area is 177 Å². The van der Waals surface area contributed by atoms with Crippen molar-refractivity contribution in [2.75, 3.05) is 13.6 Å². The third-order valence-corrected chi connectivity index (χ3v) is 5.95. The second-order valence-corrected chi connectivity index (χ2v) is 7.75. The van der Waals surface area contributed by atoms with Crippen LogP contribution in [0.1, 0.15) is 18.9 Å². The maximum Gasteiger partial charge on any atom is 0.314 e. The Morgan fingerprint density at radius 1 is 1.07 bits per heavy atom. The second-order valence-electron chi connectivity index (χ2n) is 6.94. The molecule has 29 heavy (non-hydrogen) atoms. The van der Waals surface area contributed by atoms with E-state index in [1.807, 2.05) is 0 Å². The molecular weight excluding hydrogens is 427 g/mol. The number of halogens is 2. The van der Waals surface area contributed by atoms with Crippen LogP contribution in [0.25, 0.3) is 0 Å². The van der Waals surface area contributed by atoms with E-state index in [4.69, 9.17) is 37.8 Å². The Morgan fingerprint density at radius 2 is 1.79 bits per heavy atom. The number of hydrogen-bond acceptors (Lipinski definition) is 8. The molecule has 0 radical (unpaired) electrons. The van der Waals surface area contributed by atoms with Crippen LogP contribution in [0.15, 0.2) is 18.2 Å². The van der Waals surface area contributed by atoms with Crippen molar-refractivity contribution >= 4 is 41.1 Å². The summed E-state index contributed by atoms with van der Waals surface area (Å²) in [6.45, 7) is 0.172. The zero-order chi connectivity index (χ0) is 21.1. The van der Waals surface area contributed by atoms with Crippen molar-refractivity contribution in [1.82, 2.24) is 0 Å². The summed E-state index contributed by atoms with van der Waals surface area (Å²) in [5.74, 6) is -3.35. The zero-order valence-corrected chi connectivity index (χ0v) is 17.0. The van der Waals surface area contributed by atoms with Crippen LogP contribution in [-0.4, -0.2) is 42.7 Å². The largest absolute Gasteiger partial charge is 0.438 e. The first kappa shape index (κ1) is 21.8. The molecule has 2 saturated carbocycles. The van der Waals surface area contributed by atoms with Gasteiger partial charge in [-0.1, -0.05) is 29.3 Å². The van der Waals surface area contributed by atoms with Crippen molar-refractivity contribution in [1.29, 1.82) is 0 Å². The number of aliphatic hydroxyl groups excluding tert-OH is 1. The maximum absolute atomic E-state index is 12.6. The van der Waals surface area contributed by atoms with E-state index in [2.05, 4.69) is 9.47 Å². The number of aliphatic hydroxyl groups is 1. The number of hydrogen-bond donors (Lipinski definition) is 1. The lowest BCUT2D eigenvalue weighted by Crippen LogP contribution is -2.33. The summed E-state index contributed by atoms with van der Waals surface area (Å²) in [5.41, 5.74) is 0.781. The van der Waals surface area contributed by atoms with Crippen molar-refractivity contribution in [2.45, 2.75) is 26.1 Å². The Bertz CT molecular complexity index is 798. The molecule has 5 atom stereocenters. The minimum atomic E-state index is -0.715. The summed E-state index contributed by atoms with van der Waals surface area (Å²) >= 11 is 11.9. The minimum Gasteiger partial charge on any atom is -0.438 e. The first-order valence-electron chi connectivity index (χ1n) is 8.96. The Morgan fingerprint density at radius 3 is 2.45 bits per heavy atom. The van der Waals surface area contributed by atoms with E-state index in [-0.39, 0.29) is 18.4 Å². The van der Waals surface area contributed by atoms with Gasteiger partial charge in [-0.2, -0.15) is 0 Å². The molecule has 3 rings (SSSR count). The van der Waals surface area contributed by atoms with Gasteiger partial charge in [0.2, 0.25) is 6.79 Å². The first-order valence-corrected chi connectivity index (χ1v) is 9.72. The molecule has 1 aromatic rings. The molecule has 158 valence electrons. The number of benzene rings is 1. The van der Waals surface area contributed by atoms with E-state index in [0.29, 0.717) is 16.5 Å². The van der Waals surface area contributed by atoms with Gasteiger partial charge in [0.05, 0.1) is 34.6 Å². The highest BCUT2D eigenvalue weighted by molar-refractivity contribution is 6.42. The van der Waals surface area contributed by atoms with E-state index in [1.165, 1.54) is 6.92 Å². The SMILES string of the molecule is CC(=O)OCOC(=O)[C@H]1C2[C@@H](C[C@H]1OCc1ccc(Cl)c(Cl)c1)[C@@H]2C(=O)OCO. The molecule has 8 nitrogen and oxygen atoms in total. The van der Waals surface area contributed by atoms with Gasteiger partial charge in [-0.15, -0.1) is 0 Å². The topological polar surface area (TPSA) is 108 Å². The summed E-state index contributed by atoms with van der Waals surface area (Å²) < 4.78 is 20.3. The second kappa shape index (κ2) is 9.30. The van der Waals surface area contributed by atoms with Crippen LogP contribution >= 0.6 is 23.2 Å². The number of esters is 3. The highest BCUT2D eigenvalue weighted by atomic mass is 35.5. The van der Waals surface area contributed by atoms with Crippen LogP contribution in [-0.2, 0) is 39.9 Å². The summed E-state index contributed by atoms with van der Waals surface area (Å²) in [4.78, 5) is 35.4. The molecule has 0 heterocycles. The average Bonchev–Trinajstić information content (AvgIpc) is 3.23. The Balaban J connectivity index is 1.65. The average molecular weight is 447 g/mol. The molecule has 10 heteroatoms. The van der Waals surface area contributed by atoms with Gasteiger partial charge in [0.25, 0.3) is 0 Å². The van der Waals surface area contributed by atoms with E-state index >= 15 is 0 Å². The summed E-state index contributed by atoms with van der Waals surface area (Å²) in [6.07, 6.45) is -0.0210. The van der Waals surface area contributed by atoms with Gasteiger partial charge in [-0.05, 0) is 36.0 Å². The number of fused-ring (bicyclic) bond motifs is 1. The summed E-state index contributed by atoms with van der Waals surface area (Å²) in [5, 5.41) is 9.62. The molecule has 1 aromatic carbocycles. The van der Waals surface area contributed by atoms with Crippen LogP contribution in [0, 0.1) is 23.7 Å². The molecule has 0 aromatic heterocycles. The van der Waals surface area contributed by atoms with Gasteiger partial charge < -0.3 is 24.1 Å². The Kier molecular flexibility index (Phi) is 7.00.